The fraction of sp³-hybridized carbons (Fsp3) is 0.233. The fourth-order valence-corrected chi connectivity index (χ4v) is 4.27. The molecule has 8 nitrogen and oxygen atoms in total. The smallest absolute Gasteiger partial charge is 0.255 e. The highest BCUT2D eigenvalue weighted by atomic mass is 16.5. The molecule has 1 saturated heterocycles. The third-order valence-corrected chi connectivity index (χ3v) is 6.47. The van der Waals surface area contributed by atoms with E-state index in [1.165, 1.54) is 0 Å². The number of anilines is 3. The Balaban J connectivity index is 1.18. The van der Waals surface area contributed by atoms with Crippen molar-refractivity contribution in [1.29, 1.82) is 0 Å². The topological polar surface area (TPSA) is 91.4 Å². The van der Waals surface area contributed by atoms with Gasteiger partial charge in [-0.2, -0.15) is 0 Å². The summed E-state index contributed by atoms with van der Waals surface area (Å²) in [4.78, 5) is 24.3. The maximum Gasteiger partial charge on any atom is 0.255 e. The highest BCUT2D eigenvalue weighted by Crippen LogP contribution is 2.24. The van der Waals surface area contributed by atoms with Crippen LogP contribution in [0.2, 0.25) is 0 Å². The molecule has 1 aliphatic rings. The minimum Gasteiger partial charge on any atom is -0.492 e. The predicted molar refractivity (Wildman–Crippen MR) is 151 cm³/mol. The summed E-state index contributed by atoms with van der Waals surface area (Å²) in [7, 11) is 0. The average molecular weight is 509 g/mol. The number of nitrogens with one attached hydrogen (secondary N) is 3. The molecule has 194 valence electrons. The van der Waals surface area contributed by atoms with Crippen molar-refractivity contribution in [2.75, 3.05) is 50.0 Å². The van der Waals surface area contributed by atoms with Gasteiger partial charge >= 0.3 is 0 Å². The molecule has 4 aromatic rings. The molecular weight excluding hydrogens is 476 g/mol. The van der Waals surface area contributed by atoms with Gasteiger partial charge in [0, 0.05) is 67.5 Å². The van der Waals surface area contributed by atoms with Gasteiger partial charge in [-0.1, -0.05) is 36.4 Å². The van der Waals surface area contributed by atoms with Crippen molar-refractivity contribution in [2.45, 2.75) is 6.92 Å². The largest absolute Gasteiger partial charge is 0.492 e. The first kappa shape index (κ1) is 25.4. The minimum absolute atomic E-state index is 0.181. The molecule has 1 amide bonds. The van der Waals surface area contributed by atoms with Gasteiger partial charge in [0.2, 0.25) is 5.95 Å². The van der Waals surface area contributed by atoms with Crippen molar-refractivity contribution in [3.05, 3.63) is 96.2 Å². The maximum atomic E-state index is 13.0. The summed E-state index contributed by atoms with van der Waals surface area (Å²) in [5.74, 6) is 1.06. The molecule has 0 bridgehead atoms. The molecule has 1 aliphatic heterocycles. The van der Waals surface area contributed by atoms with E-state index < -0.39 is 0 Å². The second-order valence-corrected chi connectivity index (χ2v) is 9.20. The van der Waals surface area contributed by atoms with Gasteiger partial charge in [0.15, 0.2) is 0 Å². The highest BCUT2D eigenvalue weighted by Gasteiger charge is 2.12. The van der Waals surface area contributed by atoms with Gasteiger partial charge in [0.1, 0.15) is 12.4 Å². The molecule has 0 radical (unpaired) electrons. The number of amides is 1. The molecule has 0 saturated carbocycles. The van der Waals surface area contributed by atoms with Crippen LogP contribution in [0, 0.1) is 6.92 Å². The van der Waals surface area contributed by atoms with Crippen LogP contribution in [0.1, 0.15) is 15.9 Å². The third-order valence-electron chi connectivity index (χ3n) is 6.47. The molecule has 3 aromatic carbocycles. The minimum atomic E-state index is -0.181. The van der Waals surface area contributed by atoms with Crippen LogP contribution >= 0.6 is 0 Å². The van der Waals surface area contributed by atoms with E-state index in [0.717, 1.165) is 66.7 Å². The molecule has 2 heterocycles. The Morgan fingerprint density at radius 2 is 1.79 bits per heavy atom. The first-order valence-electron chi connectivity index (χ1n) is 12.9. The van der Waals surface area contributed by atoms with Gasteiger partial charge in [0.25, 0.3) is 5.91 Å². The number of aryl methyl sites for hydroxylation is 1. The number of ether oxygens (including phenoxy) is 1. The zero-order valence-electron chi connectivity index (χ0n) is 21.5. The fourth-order valence-electron chi connectivity index (χ4n) is 4.27. The van der Waals surface area contributed by atoms with E-state index in [0.29, 0.717) is 18.1 Å². The normalized spacial score (nSPS) is 13.6. The van der Waals surface area contributed by atoms with Crippen LogP contribution in [0.5, 0.6) is 5.75 Å². The molecule has 0 atom stereocenters. The van der Waals surface area contributed by atoms with Crippen LogP contribution in [0.15, 0.2) is 85.1 Å². The Morgan fingerprint density at radius 1 is 1.00 bits per heavy atom. The van der Waals surface area contributed by atoms with Crippen LogP contribution in [-0.4, -0.2) is 60.1 Å². The zero-order valence-corrected chi connectivity index (χ0v) is 21.5. The number of hydrogen-bond acceptors (Lipinski definition) is 7. The first-order valence-corrected chi connectivity index (χ1v) is 12.9. The number of benzene rings is 3. The highest BCUT2D eigenvalue weighted by molar-refractivity contribution is 6.05. The van der Waals surface area contributed by atoms with E-state index in [-0.39, 0.29) is 5.91 Å². The summed E-state index contributed by atoms with van der Waals surface area (Å²) in [5.41, 5.74) is 4.92. The van der Waals surface area contributed by atoms with Crippen molar-refractivity contribution >= 4 is 23.2 Å². The molecule has 38 heavy (non-hydrogen) atoms. The Labute approximate surface area is 223 Å². The van der Waals surface area contributed by atoms with Crippen molar-refractivity contribution in [3.63, 3.8) is 0 Å². The zero-order chi connectivity index (χ0) is 26.2. The lowest BCUT2D eigenvalue weighted by atomic mass is 10.1. The lowest BCUT2D eigenvalue weighted by Gasteiger charge is -2.27. The van der Waals surface area contributed by atoms with Crippen LogP contribution in [-0.2, 0) is 0 Å². The van der Waals surface area contributed by atoms with Gasteiger partial charge in [0.05, 0.1) is 5.69 Å². The van der Waals surface area contributed by atoms with E-state index in [9.17, 15) is 4.79 Å². The molecular formula is C30H32N6O2. The summed E-state index contributed by atoms with van der Waals surface area (Å²) < 4.78 is 5.97. The number of carbonyl (C=O) groups is 1. The Morgan fingerprint density at radius 3 is 2.58 bits per heavy atom. The van der Waals surface area contributed by atoms with Gasteiger partial charge in [-0.15, -0.1) is 0 Å². The van der Waals surface area contributed by atoms with Crippen molar-refractivity contribution in [1.82, 2.24) is 20.2 Å². The van der Waals surface area contributed by atoms with Gasteiger partial charge in [-0.05, 0) is 48.9 Å². The molecule has 3 N–H and O–H groups in total. The second-order valence-electron chi connectivity index (χ2n) is 9.20. The molecule has 1 fully saturated rings. The first-order chi connectivity index (χ1) is 18.6. The van der Waals surface area contributed by atoms with Gasteiger partial charge in [-0.25, -0.2) is 9.97 Å². The summed E-state index contributed by atoms with van der Waals surface area (Å²) in [6, 6.07) is 24.9. The van der Waals surface area contributed by atoms with Crippen LogP contribution in [0.4, 0.5) is 17.3 Å². The quantitative estimate of drug-likeness (QED) is 0.301. The molecule has 0 spiro atoms. The number of rotatable bonds is 9. The summed E-state index contributed by atoms with van der Waals surface area (Å²) in [6.45, 7) is 7.60. The average Bonchev–Trinajstić information content (AvgIpc) is 2.96. The molecule has 8 heteroatoms. The lowest BCUT2D eigenvalue weighted by Crippen LogP contribution is -2.44. The van der Waals surface area contributed by atoms with Crippen molar-refractivity contribution < 1.29 is 9.53 Å². The van der Waals surface area contributed by atoms with Crippen LogP contribution in [0.3, 0.4) is 0 Å². The van der Waals surface area contributed by atoms with Crippen molar-refractivity contribution in [2.24, 2.45) is 0 Å². The van der Waals surface area contributed by atoms with Gasteiger partial charge < -0.3 is 20.7 Å². The second kappa shape index (κ2) is 12.3. The lowest BCUT2D eigenvalue weighted by molar-refractivity contribution is 0.102. The summed E-state index contributed by atoms with van der Waals surface area (Å²) >= 11 is 0. The van der Waals surface area contributed by atoms with E-state index in [1.54, 1.807) is 18.3 Å². The third kappa shape index (κ3) is 6.73. The SMILES string of the molecule is Cc1ccc(OCCN2CCNCC2)cc1NC(=O)c1ccc(Nc2nccc(-c3ccccc3)n2)cc1. The molecule has 0 aliphatic carbocycles. The monoisotopic (exact) mass is 508 g/mol. The number of carbonyl (C=O) groups excluding carboxylic acids is 1. The summed E-state index contributed by atoms with van der Waals surface area (Å²) in [5, 5.41) is 9.59. The Kier molecular flexibility index (Phi) is 8.23. The van der Waals surface area contributed by atoms with E-state index >= 15 is 0 Å². The standard InChI is InChI=1S/C30H32N6O2/c1-22-7-12-26(38-20-19-36-17-15-31-16-18-36)21-28(22)34-29(37)24-8-10-25(11-9-24)33-30-32-14-13-27(35-30)23-5-3-2-4-6-23/h2-14,21,31H,15-20H2,1H3,(H,34,37)(H,32,33,35). The van der Waals surface area contributed by atoms with Crippen molar-refractivity contribution in [3.8, 4) is 17.0 Å². The predicted octanol–water partition coefficient (Wildman–Crippen LogP) is 4.73. The van der Waals surface area contributed by atoms with Crippen LogP contribution in [0.25, 0.3) is 11.3 Å². The van der Waals surface area contributed by atoms with E-state index in [1.807, 2.05) is 73.7 Å². The molecule has 5 rings (SSSR count). The number of nitrogens with zero attached hydrogens (tertiary/aromatic N) is 3. The summed E-state index contributed by atoms with van der Waals surface area (Å²) in [6.07, 6.45) is 1.73. The number of aromatic nitrogens is 2. The van der Waals surface area contributed by atoms with E-state index in [4.69, 9.17) is 4.74 Å². The van der Waals surface area contributed by atoms with E-state index in [2.05, 4.69) is 30.8 Å². The Bertz CT molecular complexity index is 1360. The molecule has 0 unspecified atom stereocenters. The maximum absolute atomic E-state index is 13.0. The number of piperazine rings is 1. The number of hydrogen-bond donors (Lipinski definition) is 3. The van der Waals surface area contributed by atoms with Gasteiger partial charge in [-0.3, -0.25) is 9.69 Å². The van der Waals surface area contributed by atoms with Crippen LogP contribution < -0.4 is 20.7 Å². The Hall–Kier alpha value is -4.27. The molecule has 1 aromatic heterocycles.